The molecule has 244 valence electrons. The maximum absolute atomic E-state index is 2.46. The molecule has 2 nitrogen and oxygen atoms in total. The van der Waals surface area contributed by atoms with Crippen LogP contribution in [0.25, 0.3) is 71.3 Å². The number of hydrogen-bond acceptors (Lipinski definition) is 1. The molecule has 9 aromatic carbocycles. The number of hydrogen-bond donors (Lipinski definition) is 0. The lowest BCUT2D eigenvalue weighted by Crippen LogP contribution is -2.11. The fourth-order valence-electron chi connectivity index (χ4n) is 8.08. The van der Waals surface area contributed by atoms with Crippen molar-refractivity contribution in [3.05, 3.63) is 206 Å². The van der Waals surface area contributed by atoms with Crippen molar-refractivity contribution in [3.63, 3.8) is 0 Å². The third-order valence-corrected chi connectivity index (χ3v) is 10.3. The van der Waals surface area contributed by atoms with Crippen LogP contribution >= 0.6 is 0 Å². The van der Waals surface area contributed by atoms with Crippen LogP contribution in [0, 0.1) is 0 Å². The number of fused-ring (bicyclic) bond motifs is 5. The van der Waals surface area contributed by atoms with E-state index in [1.54, 1.807) is 0 Å². The molecule has 0 N–H and O–H groups in total. The molecular formula is C50H34N2. The first-order valence-electron chi connectivity index (χ1n) is 17.9. The van der Waals surface area contributed by atoms with Gasteiger partial charge in [-0.15, -0.1) is 0 Å². The van der Waals surface area contributed by atoms with Gasteiger partial charge in [0, 0.05) is 38.6 Å². The molecule has 10 rings (SSSR count). The van der Waals surface area contributed by atoms with E-state index in [1.807, 2.05) is 0 Å². The highest BCUT2D eigenvalue weighted by molar-refractivity contribution is 6.23. The van der Waals surface area contributed by atoms with Gasteiger partial charge < -0.3 is 9.47 Å². The minimum Gasteiger partial charge on any atom is -0.309 e. The highest BCUT2D eigenvalue weighted by Gasteiger charge is 2.23. The summed E-state index contributed by atoms with van der Waals surface area (Å²) in [6.45, 7) is 0. The van der Waals surface area contributed by atoms with Gasteiger partial charge in [0.2, 0.25) is 0 Å². The van der Waals surface area contributed by atoms with Gasteiger partial charge in [-0.3, -0.25) is 0 Å². The lowest BCUT2D eigenvalue weighted by Gasteiger charge is -2.29. The normalized spacial score (nSPS) is 11.5. The summed E-state index contributed by atoms with van der Waals surface area (Å²) < 4.78 is 2.38. The zero-order valence-corrected chi connectivity index (χ0v) is 28.5. The summed E-state index contributed by atoms with van der Waals surface area (Å²) in [6.07, 6.45) is 0. The molecule has 1 aromatic heterocycles. The van der Waals surface area contributed by atoms with E-state index in [-0.39, 0.29) is 0 Å². The minimum absolute atomic E-state index is 1.11. The largest absolute Gasteiger partial charge is 0.309 e. The molecule has 0 aliphatic heterocycles. The van der Waals surface area contributed by atoms with Crippen molar-refractivity contribution in [2.75, 3.05) is 4.90 Å². The lowest BCUT2D eigenvalue weighted by molar-refractivity contribution is 1.18. The van der Waals surface area contributed by atoms with E-state index in [0.29, 0.717) is 0 Å². The Morgan fingerprint density at radius 3 is 1.52 bits per heavy atom. The predicted octanol–water partition coefficient (Wildman–Crippen LogP) is 13.9. The van der Waals surface area contributed by atoms with Gasteiger partial charge in [-0.05, 0) is 87.6 Å². The third-order valence-electron chi connectivity index (χ3n) is 10.3. The average molecular weight is 663 g/mol. The molecule has 10 aromatic rings. The molecule has 0 unspecified atom stereocenters. The molecule has 0 spiro atoms. The third kappa shape index (κ3) is 4.88. The Morgan fingerprint density at radius 2 is 0.827 bits per heavy atom. The molecule has 1 heterocycles. The van der Waals surface area contributed by atoms with Crippen LogP contribution in [0.2, 0.25) is 0 Å². The van der Waals surface area contributed by atoms with E-state index in [0.717, 1.165) is 17.1 Å². The Balaban J connectivity index is 1.26. The molecule has 0 atom stereocenters. The molecule has 2 heteroatoms. The van der Waals surface area contributed by atoms with E-state index < -0.39 is 0 Å². The Morgan fingerprint density at radius 1 is 0.308 bits per heavy atom. The summed E-state index contributed by atoms with van der Waals surface area (Å²) in [5, 5.41) is 7.32. The smallest absolute Gasteiger partial charge is 0.0618 e. The van der Waals surface area contributed by atoms with Crippen molar-refractivity contribution in [2.24, 2.45) is 0 Å². The molecule has 0 aliphatic carbocycles. The summed E-state index contributed by atoms with van der Waals surface area (Å²) in [5.41, 5.74) is 11.8. The number of aromatic nitrogens is 1. The highest BCUT2D eigenvalue weighted by Crippen LogP contribution is 2.49. The SMILES string of the molecule is c1ccc(-c2cccc(-c3c4ccccc4c(N(c4ccccc4)c4ccc5c(c4)c4ccccc4n5-c4ccccc4)c4ccccc34)c2)cc1. The molecule has 0 amide bonds. The monoisotopic (exact) mass is 662 g/mol. The second-order valence-corrected chi connectivity index (χ2v) is 13.3. The maximum atomic E-state index is 2.46. The fraction of sp³-hybridized carbons (Fsp3) is 0. The van der Waals surface area contributed by atoms with Gasteiger partial charge in [-0.2, -0.15) is 0 Å². The first-order valence-corrected chi connectivity index (χ1v) is 17.9. The zero-order chi connectivity index (χ0) is 34.4. The molecule has 52 heavy (non-hydrogen) atoms. The van der Waals surface area contributed by atoms with Gasteiger partial charge in [0.25, 0.3) is 0 Å². The molecule has 0 bridgehead atoms. The van der Waals surface area contributed by atoms with Gasteiger partial charge in [0.05, 0.1) is 16.7 Å². The number of para-hydroxylation sites is 3. The van der Waals surface area contributed by atoms with E-state index in [9.17, 15) is 0 Å². The van der Waals surface area contributed by atoms with Crippen molar-refractivity contribution in [3.8, 4) is 27.9 Å². The van der Waals surface area contributed by atoms with Crippen molar-refractivity contribution in [2.45, 2.75) is 0 Å². The Bertz CT molecular complexity index is 2830. The van der Waals surface area contributed by atoms with Crippen LogP contribution in [-0.2, 0) is 0 Å². The number of nitrogens with zero attached hydrogens (tertiary/aromatic N) is 2. The van der Waals surface area contributed by atoms with Crippen LogP contribution in [0.15, 0.2) is 206 Å². The minimum atomic E-state index is 1.11. The summed E-state index contributed by atoms with van der Waals surface area (Å²) in [7, 11) is 0. The number of anilines is 3. The topological polar surface area (TPSA) is 8.17 Å². The standard InChI is InChI=1S/C50H34N2/c1-4-17-35(18-5-1)36-19-16-20-37(33-36)49-42-26-10-12-28-44(42)50(45-29-13-11-27-43(45)49)51(38-21-6-2-7-22-38)40-31-32-48-46(34-40)41-25-14-15-30-47(41)52(48)39-23-8-3-9-24-39/h1-34H. The summed E-state index contributed by atoms with van der Waals surface area (Å²) in [5.74, 6) is 0. The van der Waals surface area contributed by atoms with Crippen LogP contribution in [0.1, 0.15) is 0 Å². The van der Waals surface area contributed by atoms with Gasteiger partial charge in [0.15, 0.2) is 0 Å². The van der Waals surface area contributed by atoms with Crippen LogP contribution < -0.4 is 4.90 Å². The molecule has 0 saturated heterocycles. The Kier molecular flexibility index (Phi) is 7.18. The zero-order valence-electron chi connectivity index (χ0n) is 28.5. The molecule has 0 saturated carbocycles. The molecule has 0 aliphatic rings. The quantitative estimate of drug-likeness (QED) is 0.161. The average Bonchev–Trinajstić information content (AvgIpc) is 3.55. The highest BCUT2D eigenvalue weighted by atomic mass is 15.1. The summed E-state index contributed by atoms with van der Waals surface area (Å²) in [4.78, 5) is 2.46. The van der Waals surface area contributed by atoms with E-state index in [2.05, 4.69) is 216 Å². The van der Waals surface area contributed by atoms with E-state index >= 15 is 0 Å². The lowest BCUT2D eigenvalue weighted by atomic mass is 9.88. The number of benzene rings is 9. The fourth-order valence-corrected chi connectivity index (χ4v) is 8.08. The first-order chi connectivity index (χ1) is 25.8. The van der Waals surface area contributed by atoms with Crippen molar-refractivity contribution >= 4 is 60.4 Å². The van der Waals surface area contributed by atoms with Crippen LogP contribution in [0.3, 0.4) is 0 Å². The second kappa shape index (κ2) is 12.5. The van der Waals surface area contributed by atoms with Crippen LogP contribution in [0.5, 0.6) is 0 Å². The van der Waals surface area contributed by atoms with Gasteiger partial charge in [0.1, 0.15) is 0 Å². The Hall–Kier alpha value is -6.90. The van der Waals surface area contributed by atoms with E-state index in [4.69, 9.17) is 0 Å². The van der Waals surface area contributed by atoms with Gasteiger partial charge in [-0.1, -0.05) is 152 Å². The molecule has 0 fully saturated rings. The van der Waals surface area contributed by atoms with Crippen LogP contribution in [-0.4, -0.2) is 4.57 Å². The number of rotatable bonds is 6. The summed E-state index contributed by atoms with van der Waals surface area (Å²) >= 11 is 0. The first kappa shape index (κ1) is 30.0. The van der Waals surface area contributed by atoms with Crippen molar-refractivity contribution < 1.29 is 0 Å². The molecule has 0 radical (unpaired) electrons. The predicted molar refractivity (Wildman–Crippen MR) is 221 cm³/mol. The van der Waals surface area contributed by atoms with Crippen molar-refractivity contribution in [1.29, 1.82) is 0 Å². The van der Waals surface area contributed by atoms with Crippen LogP contribution in [0.4, 0.5) is 17.1 Å². The van der Waals surface area contributed by atoms with Gasteiger partial charge in [-0.25, -0.2) is 0 Å². The Labute approximate surface area is 303 Å². The van der Waals surface area contributed by atoms with Gasteiger partial charge >= 0.3 is 0 Å². The molecular weight excluding hydrogens is 629 g/mol. The summed E-state index contributed by atoms with van der Waals surface area (Å²) in [6, 6.07) is 74.7. The van der Waals surface area contributed by atoms with Crippen molar-refractivity contribution in [1.82, 2.24) is 4.57 Å². The van der Waals surface area contributed by atoms with E-state index in [1.165, 1.54) is 71.3 Å². The second-order valence-electron chi connectivity index (χ2n) is 13.3. The maximum Gasteiger partial charge on any atom is 0.0618 e.